The van der Waals surface area contributed by atoms with Crippen LogP contribution in [0.3, 0.4) is 0 Å². The maximum absolute atomic E-state index is 13.9. The molecule has 2 aromatic rings. The van der Waals surface area contributed by atoms with Crippen LogP contribution in [0.5, 0.6) is 0 Å². The van der Waals surface area contributed by atoms with E-state index in [1.54, 1.807) is 12.1 Å². The first-order chi connectivity index (χ1) is 10.3. The Kier molecular flexibility index (Phi) is 4.82. The van der Waals surface area contributed by atoms with Gasteiger partial charge in [0, 0.05) is 10.0 Å². The number of nitrogens with two attached hydrogens (primary N) is 1. The standard InChI is InChI=1S/C14H18BrFN6/c1-14(2,3)22-21-13-11(17)12(18-7-19-13)20-10-5-4-8(15)6-9(10)16/h4-7,22H,17H2,1-3H3,(H2,18,19,20,21). The molecule has 1 aromatic heterocycles. The lowest BCUT2D eigenvalue weighted by atomic mass is 10.1. The van der Waals surface area contributed by atoms with Crippen molar-refractivity contribution in [3.8, 4) is 0 Å². The highest BCUT2D eigenvalue weighted by Crippen LogP contribution is 2.28. The zero-order valence-electron chi connectivity index (χ0n) is 12.5. The fraction of sp³-hybridized carbons (Fsp3) is 0.286. The van der Waals surface area contributed by atoms with E-state index in [0.717, 1.165) is 0 Å². The molecule has 0 aliphatic rings. The SMILES string of the molecule is CC(C)(C)NNc1ncnc(Nc2ccc(Br)cc2F)c1N. The highest BCUT2D eigenvalue weighted by molar-refractivity contribution is 9.10. The van der Waals surface area contributed by atoms with Crippen LogP contribution in [-0.2, 0) is 0 Å². The first kappa shape index (κ1) is 16.4. The predicted molar refractivity (Wildman–Crippen MR) is 90.3 cm³/mol. The van der Waals surface area contributed by atoms with Gasteiger partial charge in [0.1, 0.15) is 17.8 Å². The Morgan fingerprint density at radius 1 is 1.18 bits per heavy atom. The van der Waals surface area contributed by atoms with Gasteiger partial charge in [-0.15, -0.1) is 0 Å². The summed E-state index contributed by atoms with van der Waals surface area (Å²) in [6, 6.07) is 4.69. The minimum Gasteiger partial charge on any atom is -0.393 e. The Balaban J connectivity index is 2.21. The number of benzene rings is 1. The maximum atomic E-state index is 13.9. The van der Waals surface area contributed by atoms with Gasteiger partial charge in [0.2, 0.25) is 0 Å². The van der Waals surface area contributed by atoms with Gasteiger partial charge in [-0.1, -0.05) is 15.9 Å². The Morgan fingerprint density at radius 2 is 1.86 bits per heavy atom. The fourth-order valence-corrected chi connectivity index (χ4v) is 1.89. The van der Waals surface area contributed by atoms with E-state index in [4.69, 9.17) is 5.73 Å². The molecule has 0 saturated carbocycles. The molecule has 2 rings (SSSR count). The van der Waals surface area contributed by atoms with Crippen molar-refractivity contribution in [3.05, 3.63) is 34.8 Å². The van der Waals surface area contributed by atoms with Crippen molar-refractivity contribution in [2.45, 2.75) is 26.3 Å². The van der Waals surface area contributed by atoms with Gasteiger partial charge in [-0.2, -0.15) is 0 Å². The summed E-state index contributed by atoms with van der Waals surface area (Å²) in [7, 11) is 0. The molecule has 0 fully saturated rings. The van der Waals surface area contributed by atoms with Crippen LogP contribution in [0, 0.1) is 5.82 Å². The monoisotopic (exact) mass is 368 g/mol. The van der Waals surface area contributed by atoms with Gasteiger partial charge in [0.15, 0.2) is 11.6 Å². The molecular weight excluding hydrogens is 351 g/mol. The minimum absolute atomic E-state index is 0.164. The van der Waals surface area contributed by atoms with E-state index >= 15 is 0 Å². The van der Waals surface area contributed by atoms with Crippen molar-refractivity contribution in [2.24, 2.45) is 0 Å². The highest BCUT2D eigenvalue weighted by Gasteiger charge is 2.13. The molecule has 0 amide bonds. The zero-order chi connectivity index (χ0) is 16.3. The van der Waals surface area contributed by atoms with Crippen LogP contribution in [0.15, 0.2) is 29.0 Å². The lowest BCUT2D eigenvalue weighted by Gasteiger charge is -2.22. The van der Waals surface area contributed by atoms with Crippen LogP contribution in [0.4, 0.5) is 27.4 Å². The first-order valence-corrected chi connectivity index (χ1v) is 7.41. The molecule has 8 heteroatoms. The number of nitrogens with zero attached hydrogens (tertiary/aromatic N) is 2. The number of anilines is 4. The molecule has 0 atom stereocenters. The van der Waals surface area contributed by atoms with Crippen molar-refractivity contribution in [1.82, 2.24) is 15.4 Å². The molecule has 118 valence electrons. The molecule has 0 spiro atoms. The largest absolute Gasteiger partial charge is 0.393 e. The van der Waals surface area contributed by atoms with Gasteiger partial charge >= 0.3 is 0 Å². The molecule has 1 aromatic carbocycles. The average Bonchev–Trinajstić information content (AvgIpc) is 2.41. The fourth-order valence-electron chi connectivity index (χ4n) is 1.56. The van der Waals surface area contributed by atoms with Gasteiger partial charge in [0.25, 0.3) is 0 Å². The molecule has 6 nitrogen and oxygen atoms in total. The second kappa shape index (κ2) is 6.45. The molecule has 0 radical (unpaired) electrons. The van der Waals surface area contributed by atoms with E-state index in [9.17, 15) is 4.39 Å². The highest BCUT2D eigenvalue weighted by atomic mass is 79.9. The van der Waals surface area contributed by atoms with Crippen LogP contribution in [0.1, 0.15) is 20.8 Å². The van der Waals surface area contributed by atoms with Crippen molar-refractivity contribution in [1.29, 1.82) is 0 Å². The number of halogens is 2. The van der Waals surface area contributed by atoms with Crippen LogP contribution in [0.2, 0.25) is 0 Å². The van der Waals surface area contributed by atoms with Crippen LogP contribution < -0.4 is 21.9 Å². The van der Waals surface area contributed by atoms with E-state index in [1.807, 2.05) is 20.8 Å². The Bertz CT molecular complexity index is 671. The minimum atomic E-state index is -0.408. The summed E-state index contributed by atoms with van der Waals surface area (Å²) in [5, 5.41) is 2.87. The van der Waals surface area contributed by atoms with Gasteiger partial charge in [-0.3, -0.25) is 0 Å². The second-order valence-corrected chi connectivity index (χ2v) is 6.65. The summed E-state index contributed by atoms with van der Waals surface area (Å²) < 4.78 is 14.5. The van der Waals surface area contributed by atoms with E-state index in [0.29, 0.717) is 21.8 Å². The third-order valence-electron chi connectivity index (χ3n) is 2.62. The van der Waals surface area contributed by atoms with Crippen LogP contribution in [0.25, 0.3) is 0 Å². The van der Waals surface area contributed by atoms with E-state index in [2.05, 4.69) is 42.1 Å². The second-order valence-electron chi connectivity index (χ2n) is 5.73. The normalized spacial score (nSPS) is 11.3. The number of rotatable bonds is 4. The third-order valence-corrected chi connectivity index (χ3v) is 3.12. The number of nitrogen functional groups attached to an aromatic ring is 1. The summed E-state index contributed by atoms with van der Waals surface area (Å²) >= 11 is 3.21. The molecule has 1 heterocycles. The Morgan fingerprint density at radius 3 is 2.50 bits per heavy atom. The Labute approximate surface area is 136 Å². The average molecular weight is 369 g/mol. The van der Waals surface area contributed by atoms with E-state index in [-0.39, 0.29) is 11.2 Å². The maximum Gasteiger partial charge on any atom is 0.169 e. The van der Waals surface area contributed by atoms with Gasteiger partial charge in [0.05, 0.1) is 5.69 Å². The quantitative estimate of drug-likeness (QED) is 0.618. The summed E-state index contributed by atoms with van der Waals surface area (Å²) in [6.45, 7) is 5.98. The number of hydrogen-bond donors (Lipinski definition) is 4. The number of hydrazine groups is 1. The third kappa shape index (κ3) is 4.28. The van der Waals surface area contributed by atoms with Gasteiger partial charge in [-0.25, -0.2) is 19.8 Å². The number of hydrogen-bond acceptors (Lipinski definition) is 6. The molecule has 0 saturated heterocycles. The van der Waals surface area contributed by atoms with Crippen molar-refractivity contribution in [2.75, 3.05) is 16.5 Å². The van der Waals surface area contributed by atoms with E-state index < -0.39 is 5.82 Å². The summed E-state index contributed by atoms with van der Waals surface area (Å²) in [5.41, 5.74) is 12.4. The lowest BCUT2D eigenvalue weighted by Crippen LogP contribution is -2.40. The number of nitrogens with one attached hydrogen (secondary N) is 3. The molecule has 22 heavy (non-hydrogen) atoms. The smallest absolute Gasteiger partial charge is 0.169 e. The van der Waals surface area contributed by atoms with Crippen LogP contribution in [-0.4, -0.2) is 15.5 Å². The van der Waals surface area contributed by atoms with Gasteiger partial charge < -0.3 is 16.5 Å². The van der Waals surface area contributed by atoms with Crippen molar-refractivity contribution >= 4 is 38.9 Å². The van der Waals surface area contributed by atoms with E-state index in [1.165, 1.54) is 12.4 Å². The van der Waals surface area contributed by atoms with Crippen molar-refractivity contribution < 1.29 is 4.39 Å². The summed E-state index contributed by atoms with van der Waals surface area (Å²) in [6.07, 6.45) is 1.35. The zero-order valence-corrected chi connectivity index (χ0v) is 14.1. The molecule has 5 N–H and O–H groups in total. The predicted octanol–water partition coefficient (Wildman–Crippen LogP) is 3.42. The molecule has 0 aliphatic heterocycles. The first-order valence-electron chi connectivity index (χ1n) is 6.62. The summed E-state index contributed by atoms with van der Waals surface area (Å²) in [4.78, 5) is 8.12. The van der Waals surface area contributed by atoms with Crippen LogP contribution >= 0.6 is 15.9 Å². The Hall–Kier alpha value is -1.93. The number of aromatic nitrogens is 2. The lowest BCUT2D eigenvalue weighted by molar-refractivity contribution is 0.464. The van der Waals surface area contributed by atoms with Crippen molar-refractivity contribution in [3.63, 3.8) is 0 Å². The molecular formula is C14H18BrFN6. The van der Waals surface area contributed by atoms with Gasteiger partial charge in [-0.05, 0) is 39.0 Å². The molecule has 0 unspecified atom stereocenters. The topological polar surface area (TPSA) is 87.9 Å². The molecule has 0 bridgehead atoms. The molecule has 0 aliphatic carbocycles. The summed E-state index contributed by atoms with van der Waals surface area (Å²) in [5.74, 6) is 0.342.